The molecule has 0 saturated carbocycles. The second-order valence-electron chi connectivity index (χ2n) is 24.1. The van der Waals surface area contributed by atoms with E-state index in [1.165, 1.54) is 34.6 Å². The summed E-state index contributed by atoms with van der Waals surface area (Å²) in [5.41, 5.74) is 4.61. The van der Waals surface area contributed by atoms with Crippen LogP contribution in [0.4, 0.5) is 51.7 Å². The van der Waals surface area contributed by atoms with Crippen LogP contribution >= 0.6 is 0 Å². The minimum absolute atomic E-state index is 0.0881. The summed E-state index contributed by atoms with van der Waals surface area (Å²) in [5, 5.41) is 10.2. The second kappa shape index (κ2) is 18.7. The first-order valence-corrected chi connectivity index (χ1v) is 39.6. The standard InChI is InChI=1S/C64H64F4N2Si4/c1-71(2,3)47-27-23-45(24-28-47)69(61-39-55(65)53(37-57(61)67)43-15-13-17-49(35-43)73(7,8)9)59-33-21-41-20-32-52-60(34-22-42-19-31-51(59)63(41)64(42)52)70(46-25-29-48(30-26-46)72(4,5)6)62-40-56(66)54(38-58(62)68)44-16-14-18-50(36-44)74(10,11)12/h13-40H,1-12H3. The van der Waals surface area contributed by atoms with Crippen molar-refractivity contribution in [1.29, 1.82) is 0 Å². The SMILES string of the molecule is C[Si](C)(C)c1ccc(N(c2cc(F)c(-c3cccc([Si](C)(C)C)c3)cc2F)c2ccc3ccc4c(N(c5ccc([Si](C)(C)C)cc5)c5cc(F)c(-c6cccc([Si](C)(C)C)c6)cc5F)ccc5ccc2c3c54)cc1. The molecule has 10 heteroatoms. The lowest BCUT2D eigenvalue weighted by atomic mass is 9.91. The van der Waals surface area contributed by atoms with Gasteiger partial charge in [0, 0.05) is 45.4 Å². The molecule has 0 unspecified atom stereocenters. The maximum Gasteiger partial charge on any atom is 0.148 e. The molecule has 0 aliphatic heterocycles. The fourth-order valence-electron chi connectivity index (χ4n) is 10.4. The quantitative estimate of drug-likeness (QED) is 0.0683. The molecule has 0 radical (unpaired) electrons. The largest absolute Gasteiger partial charge is 0.307 e. The van der Waals surface area contributed by atoms with Crippen LogP contribution in [0.5, 0.6) is 0 Å². The van der Waals surface area contributed by atoms with E-state index in [0.717, 1.165) is 42.7 Å². The molecule has 2 nitrogen and oxygen atoms in total. The summed E-state index contributed by atoms with van der Waals surface area (Å²) in [6.07, 6.45) is 0. The van der Waals surface area contributed by atoms with Crippen LogP contribution in [0.2, 0.25) is 78.6 Å². The van der Waals surface area contributed by atoms with Gasteiger partial charge in [0.2, 0.25) is 0 Å². The lowest BCUT2D eigenvalue weighted by Gasteiger charge is -2.30. The van der Waals surface area contributed by atoms with E-state index in [1.54, 1.807) is 0 Å². The van der Waals surface area contributed by atoms with Crippen molar-refractivity contribution >= 4 is 119 Å². The van der Waals surface area contributed by atoms with Crippen LogP contribution in [0.1, 0.15) is 0 Å². The van der Waals surface area contributed by atoms with Crippen molar-refractivity contribution in [2.75, 3.05) is 9.80 Å². The van der Waals surface area contributed by atoms with Crippen LogP contribution in [-0.2, 0) is 0 Å². The summed E-state index contributed by atoms with van der Waals surface area (Å²) < 4.78 is 68.3. The van der Waals surface area contributed by atoms with Crippen molar-refractivity contribution in [3.05, 3.63) is 193 Å². The van der Waals surface area contributed by atoms with Gasteiger partial charge in [-0.25, -0.2) is 17.6 Å². The Balaban J connectivity index is 1.19. The van der Waals surface area contributed by atoms with Gasteiger partial charge >= 0.3 is 0 Å². The molecular formula is C64H64F4N2Si4. The van der Waals surface area contributed by atoms with Gasteiger partial charge in [0.05, 0.1) is 55.0 Å². The Morgan fingerprint density at radius 3 is 0.973 bits per heavy atom. The van der Waals surface area contributed by atoms with Gasteiger partial charge in [-0.3, -0.25) is 0 Å². The van der Waals surface area contributed by atoms with Crippen molar-refractivity contribution in [2.45, 2.75) is 78.6 Å². The van der Waals surface area contributed by atoms with Gasteiger partial charge in [0.25, 0.3) is 0 Å². The maximum atomic E-state index is 17.3. The molecule has 10 aromatic rings. The van der Waals surface area contributed by atoms with Crippen LogP contribution in [-0.4, -0.2) is 32.3 Å². The van der Waals surface area contributed by atoms with E-state index in [9.17, 15) is 0 Å². The summed E-state index contributed by atoms with van der Waals surface area (Å²) in [6.45, 7) is 27.2. The third kappa shape index (κ3) is 9.46. The normalized spacial score (nSPS) is 12.6. The highest BCUT2D eigenvalue weighted by Gasteiger charge is 2.28. The Labute approximate surface area is 438 Å². The van der Waals surface area contributed by atoms with Crippen molar-refractivity contribution < 1.29 is 17.6 Å². The van der Waals surface area contributed by atoms with Crippen molar-refractivity contribution in [2.24, 2.45) is 0 Å². The highest BCUT2D eigenvalue weighted by molar-refractivity contribution is 6.90. The maximum absolute atomic E-state index is 17.3. The minimum atomic E-state index is -1.75. The zero-order chi connectivity index (χ0) is 52.8. The summed E-state index contributed by atoms with van der Waals surface area (Å²) in [7, 11) is -6.95. The number of hydrogen-bond donors (Lipinski definition) is 0. The molecule has 10 rings (SSSR count). The smallest absolute Gasteiger partial charge is 0.148 e. The molecule has 0 heterocycles. The molecule has 0 saturated heterocycles. The molecule has 0 aromatic heterocycles. The highest BCUT2D eigenvalue weighted by atomic mass is 28.3. The van der Waals surface area contributed by atoms with Gasteiger partial charge in [0.1, 0.15) is 23.3 Å². The van der Waals surface area contributed by atoms with Gasteiger partial charge in [0.15, 0.2) is 0 Å². The number of nitrogens with zero attached hydrogens (tertiary/aromatic N) is 2. The molecule has 0 amide bonds. The topological polar surface area (TPSA) is 6.48 Å². The number of halogens is 4. The summed E-state index contributed by atoms with van der Waals surface area (Å²) in [5.74, 6) is -2.14. The minimum Gasteiger partial charge on any atom is -0.307 e. The van der Waals surface area contributed by atoms with E-state index in [2.05, 4.69) is 139 Å². The third-order valence-corrected chi connectivity index (χ3v) is 22.9. The Bertz CT molecular complexity index is 3520. The van der Waals surface area contributed by atoms with Crippen LogP contribution in [0.3, 0.4) is 0 Å². The number of benzene rings is 10. The van der Waals surface area contributed by atoms with Crippen molar-refractivity contribution in [1.82, 2.24) is 0 Å². The highest BCUT2D eigenvalue weighted by Crippen LogP contribution is 2.49. The van der Waals surface area contributed by atoms with Crippen LogP contribution in [0, 0.1) is 23.3 Å². The number of rotatable bonds is 12. The fourth-order valence-corrected chi connectivity index (χ4v) is 15.1. The van der Waals surface area contributed by atoms with E-state index in [0.29, 0.717) is 33.9 Å². The molecular weight excluding hydrogens is 985 g/mol. The molecule has 0 N–H and O–H groups in total. The summed E-state index contributed by atoms with van der Waals surface area (Å²) in [4.78, 5) is 3.68. The predicted molar refractivity (Wildman–Crippen MR) is 322 cm³/mol. The molecule has 0 atom stereocenters. The Hall–Kier alpha value is -6.57. The first kappa shape index (κ1) is 50.9. The first-order valence-electron chi connectivity index (χ1n) is 25.6. The average molecular weight is 1050 g/mol. The van der Waals surface area contributed by atoms with Gasteiger partial charge in [-0.1, -0.05) is 209 Å². The first-order chi connectivity index (χ1) is 34.9. The van der Waals surface area contributed by atoms with Gasteiger partial charge < -0.3 is 9.80 Å². The van der Waals surface area contributed by atoms with E-state index in [1.807, 2.05) is 94.7 Å². The molecule has 0 aliphatic rings. The van der Waals surface area contributed by atoms with Crippen LogP contribution in [0.15, 0.2) is 170 Å². The van der Waals surface area contributed by atoms with Crippen LogP contribution in [0.25, 0.3) is 54.6 Å². The Morgan fingerprint density at radius 1 is 0.297 bits per heavy atom. The van der Waals surface area contributed by atoms with E-state index in [4.69, 9.17) is 0 Å². The lowest BCUT2D eigenvalue weighted by molar-refractivity contribution is 0.604. The number of anilines is 6. The predicted octanol–water partition coefficient (Wildman–Crippen LogP) is 17.6. The molecule has 0 fully saturated rings. The second-order valence-corrected chi connectivity index (χ2v) is 44.4. The Kier molecular flexibility index (Phi) is 12.8. The number of hydrogen-bond acceptors (Lipinski definition) is 2. The lowest BCUT2D eigenvalue weighted by Crippen LogP contribution is -2.37. The monoisotopic (exact) mass is 1050 g/mol. The van der Waals surface area contributed by atoms with Gasteiger partial charge in [-0.2, -0.15) is 0 Å². The zero-order valence-corrected chi connectivity index (χ0v) is 48.6. The molecule has 10 aromatic carbocycles. The van der Waals surface area contributed by atoms with Crippen molar-refractivity contribution in [3.63, 3.8) is 0 Å². The van der Waals surface area contributed by atoms with E-state index < -0.39 is 55.6 Å². The average Bonchev–Trinajstić information content (AvgIpc) is 3.35. The third-order valence-electron chi connectivity index (χ3n) is 14.7. The zero-order valence-electron chi connectivity index (χ0n) is 44.6. The van der Waals surface area contributed by atoms with Gasteiger partial charge in [-0.05, 0) is 81.2 Å². The molecule has 74 heavy (non-hydrogen) atoms. The Morgan fingerprint density at radius 2 is 0.635 bits per heavy atom. The fraction of sp³-hybridized carbons (Fsp3) is 0.188. The molecule has 0 spiro atoms. The summed E-state index contributed by atoms with van der Waals surface area (Å²) >= 11 is 0. The molecule has 0 aliphatic carbocycles. The van der Waals surface area contributed by atoms with Crippen LogP contribution < -0.4 is 30.5 Å². The van der Waals surface area contributed by atoms with Gasteiger partial charge in [-0.15, -0.1) is 0 Å². The summed E-state index contributed by atoms with van der Waals surface area (Å²) in [6, 6.07) is 53.9. The molecule has 374 valence electrons. The molecule has 0 bridgehead atoms. The van der Waals surface area contributed by atoms with E-state index >= 15 is 17.6 Å². The van der Waals surface area contributed by atoms with Crippen molar-refractivity contribution in [3.8, 4) is 22.3 Å². The van der Waals surface area contributed by atoms with E-state index in [-0.39, 0.29) is 22.5 Å².